The molecule has 0 aromatic carbocycles. The lowest BCUT2D eigenvalue weighted by Crippen LogP contribution is -2.39. The Kier molecular flexibility index (Phi) is 6.20. The number of aryl methyl sites for hydroxylation is 1. The van der Waals surface area contributed by atoms with Crippen molar-refractivity contribution in [2.75, 3.05) is 37.5 Å². The van der Waals surface area contributed by atoms with Gasteiger partial charge in [-0.15, -0.1) is 0 Å². The summed E-state index contributed by atoms with van der Waals surface area (Å²) < 4.78 is 5.55. The summed E-state index contributed by atoms with van der Waals surface area (Å²) in [7, 11) is 3.33. The third-order valence-electron chi connectivity index (χ3n) is 7.24. The zero-order valence-electron chi connectivity index (χ0n) is 20.2. The number of fused-ring (bicyclic) bond motifs is 1. The molecule has 9 nitrogen and oxygen atoms in total. The van der Waals surface area contributed by atoms with Gasteiger partial charge in [-0.2, -0.15) is 0 Å². The van der Waals surface area contributed by atoms with Crippen molar-refractivity contribution in [2.24, 2.45) is 5.92 Å². The quantitative estimate of drug-likeness (QED) is 0.650. The van der Waals surface area contributed by atoms with Crippen LogP contribution in [0.3, 0.4) is 0 Å². The maximum atomic E-state index is 13.6. The van der Waals surface area contributed by atoms with Crippen molar-refractivity contribution >= 4 is 34.2 Å². The molecule has 0 spiro atoms. The lowest BCUT2D eigenvalue weighted by Gasteiger charge is -2.33. The Labute approximate surface area is 203 Å². The van der Waals surface area contributed by atoms with Gasteiger partial charge >= 0.3 is 6.03 Å². The second-order valence-electron chi connectivity index (χ2n) is 9.44. The predicted octanol–water partition coefficient (Wildman–Crippen LogP) is 3.63. The Morgan fingerprint density at radius 1 is 1.24 bits per heavy atom. The third kappa shape index (κ3) is 4.24. The summed E-state index contributed by atoms with van der Waals surface area (Å²) in [5, 5.41) is 5.83. The zero-order valence-corrected chi connectivity index (χ0v) is 21.0. The zero-order chi connectivity index (χ0) is 24.0. The van der Waals surface area contributed by atoms with Crippen molar-refractivity contribution in [1.29, 1.82) is 0 Å². The summed E-state index contributed by atoms with van der Waals surface area (Å²) in [5.41, 5.74) is 3.38. The molecule has 2 aliphatic heterocycles. The molecule has 2 fully saturated rings. The van der Waals surface area contributed by atoms with Crippen LogP contribution in [-0.4, -0.2) is 66.2 Å². The minimum absolute atomic E-state index is 0.0975. The number of nitrogens with one attached hydrogen (secondary N) is 2. The number of methoxy groups -OCH3 is 1. The van der Waals surface area contributed by atoms with Crippen LogP contribution in [0.5, 0.6) is 0 Å². The first-order valence-electron chi connectivity index (χ1n) is 12.0. The highest BCUT2D eigenvalue weighted by atomic mass is 32.1. The molecule has 1 saturated heterocycles. The number of piperidine rings is 1. The van der Waals surface area contributed by atoms with Crippen LogP contribution in [0.2, 0.25) is 0 Å². The van der Waals surface area contributed by atoms with E-state index in [1.54, 1.807) is 14.2 Å². The molecular weight excluding hydrogens is 452 g/mol. The maximum absolute atomic E-state index is 13.6. The molecule has 0 unspecified atom stereocenters. The van der Waals surface area contributed by atoms with Crippen LogP contribution in [-0.2, 0) is 11.3 Å². The fourth-order valence-electron chi connectivity index (χ4n) is 5.00. The van der Waals surface area contributed by atoms with Gasteiger partial charge in [0.25, 0.3) is 5.91 Å². The summed E-state index contributed by atoms with van der Waals surface area (Å²) in [5.74, 6) is 1.47. The van der Waals surface area contributed by atoms with Crippen molar-refractivity contribution in [2.45, 2.75) is 58.2 Å². The molecule has 2 N–H and O–H groups in total. The van der Waals surface area contributed by atoms with Gasteiger partial charge in [0, 0.05) is 39.8 Å². The fourth-order valence-corrected chi connectivity index (χ4v) is 5.92. The molecule has 5 rings (SSSR count). The van der Waals surface area contributed by atoms with E-state index < -0.39 is 0 Å². The Bertz CT molecular complexity index is 1110. The second-order valence-corrected chi connectivity index (χ2v) is 10.4. The molecule has 1 atom stereocenters. The largest absolute Gasteiger partial charge is 0.381 e. The topological polar surface area (TPSA) is 99.7 Å². The number of pyridine rings is 1. The number of aromatic nitrogens is 2. The summed E-state index contributed by atoms with van der Waals surface area (Å²) >= 11 is 1.40. The van der Waals surface area contributed by atoms with Crippen molar-refractivity contribution in [3.63, 3.8) is 0 Å². The average Bonchev–Trinajstić information content (AvgIpc) is 3.56. The smallest absolute Gasteiger partial charge is 0.320 e. The number of carbonyl (C=O) groups is 2. The molecule has 10 heteroatoms. The Balaban J connectivity index is 1.53. The molecule has 2 aromatic heterocycles. The van der Waals surface area contributed by atoms with Crippen LogP contribution in [0.25, 0.3) is 10.6 Å². The van der Waals surface area contributed by atoms with E-state index >= 15 is 0 Å². The monoisotopic (exact) mass is 484 g/mol. The SMILES string of the molecule is CNC(=O)Nc1nc(C)c(-c2cc3c(c(N4CCC(OC)CC4)n2)C(=O)N([C@@H](C)C2CC2)C3)s1. The molecule has 4 heterocycles. The third-order valence-corrected chi connectivity index (χ3v) is 8.34. The van der Waals surface area contributed by atoms with E-state index in [9.17, 15) is 9.59 Å². The van der Waals surface area contributed by atoms with Crippen molar-refractivity contribution in [3.05, 3.63) is 22.9 Å². The first-order chi connectivity index (χ1) is 16.4. The van der Waals surface area contributed by atoms with Gasteiger partial charge in [-0.3, -0.25) is 10.1 Å². The number of amides is 3. The number of ether oxygens (including phenoxy) is 1. The molecule has 182 valence electrons. The minimum atomic E-state index is -0.306. The number of hydrogen-bond donors (Lipinski definition) is 2. The van der Waals surface area contributed by atoms with Gasteiger partial charge < -0.3 is 19.9 Å². The van der Waals surface area contributed by atoms with Gasteiger partial charge in [0.1, 0.15) is 5.82 Å². The first-order valence-corrected chi connectivity index (χ1v) is 12.8. The second kappa shape index (κ2) is 9.14. The summed E-state index contributed by atoms with van der Waals surface area (Å²) in [6.07, 6.45) is 4.46. The summed E-state index contributed by atoms with van der Waals surface area (Å²) in [4.78, 5) is 40.1. The molecule has 2 aromatic rings. The van der Waals surface area contributed by atoms with Crippen LogP contribution >= 0.6 is 11.3 Å². The van der Waals surface area contributed by atoms with E-state index in [0.29, 0.717) is 17.6 Å². The first kappa shape index (κ1) is 23.0. The number of carbonyl (C=O) groups excluding carboxylic acids is 2. The molecule has 3 aliphatic rings. The number of urea groups is 1. The van der Waals surface area contributed by atoms with E-state index in [4.69, 9.17) is 9.72 Å². The Morgan fingerprint density at radius 2 is 1.97 bits per heavy atom. The minimum Gasteiger partial charge on any atom is -0.381 e. The van der Waals surface area contributed by atoms with Crippen LogP contribution in [0.4, 0.5) is 15.7 Å². The highest BCUT2D eigenvalue weighted by molar-refractivity contribution is 7.19. The molecule has 1 saturated carbocycles. The van der Waals surface area contributed by atoms with Gasteiger partial charge in [-0.1, -0.05) is 11.3 Å². The number of thiazole rings is 1. The Hall–Kier alpha value is -2.72. The van der Waals surface area contributed by atoms with E-state index in [2.05, 4.69) is 27.4 Å². The molecule has 34 heavy (non-hydrogen) atoms. The van der Waals surface area contributed by atoms with Crippen LogP contribution < -0.4 is 15.5 Å². The molecule has 3 amide bonds. The van der Waals surface area contributed by atoms with Crippen molar-refractivity contribution in [3.8, 4) is 10.6 Å². The lowest BCUT2D eigenvalue weighted by molar-refractivity contribution is 0.0697. The van der Waals surface area contributed by atoms with Crippen LogP contribution in [0.1, 0.15) is 54.2 Å². The lowest BCUT2D eigenvalue weighted by atomic mass is 10.0. The highest BCUT2D eigenvalue weighted by Gasteiger charge is 2.41. The Morgan fingerprint density at radius 3 is 2.62 bits per heavy atom. The number of rotatable bonds is 6. The molecule has 0 radical (unpaired) electrons. The van der Waals surface area contributed by atoms with Crippen LogP contribution in [0.15, 0.2) is 6.07 Å². The normalized spacial score (nSPS) is 19.4. The van der Waals surface area contributed by atoms with E-state index in [0.717, 1.165) is 59.1 Å². The van der Waals surface area contributed by atoms with E-state index in [-0.39, 0.29) is 24.1 Å². The maximum Gasteiger partial charge on any atom is 0.320 e. The standard InChI is InChI=1S/C24H32N6O3S/c1-13-20(34-24(26-13)28-23(32)25-3)18-11-16-12-30(14(2)15-5-6-15)22(31)19(16)21(27-18)29-9-7-17(33-4)8-10-29/h11,14-15,17H,5-10,12H2,1-4H3,(H2,25,26,28,32)/t14-/m0/s1. The van der Waals surface area contributed by atoms with E-state index in [1.165, 1.54) is 24.2 Å². The number of hydrogen-bond acceptors (Lipinski definition) is 7. The summed E-state index contributed by atoms with van der Waals surface area (Å²) in [6.45, 7) is 6.32. The number of nitrogens with zero attached hydrogens (tertiary/aromatic N) is 4. The number of anilines is 2. The average molecular weight is 485 g/mol. The van der Waals surface area contributed by atoms with Gasteiger partial charge in [-0.05, 0) is 57.1 Å². The van der Waals surface area contributed by atoms with Gasteiger partial charge in [0.15, 0.2) is 5.13 Å². The van der Waals surface area contributed by atoms with Gasteiger partial charge in [0.05, 0.1) is 27.9 Å². The predicted molar refractivity (Wildman–Crippen MR) is 132 cm³/mol. The van der Waals surface area contributed by atoms with Crippen molar-refractivity contribution in [1.82, 2.24) is 20.2 Å². The molecular formula is C24H32N6O3S. The van der Waals surface area contributed by atoms with E-state index in [1.807, 2.05) is 17.9 Å². The summed E-state index contributed by atoms with van der Waals surface area (Å²) in [6, 6.07) is 1.98. The van der Waals surface area contributed by atoms with Crippen LogP contribution in [0, 0.1) is 12.8 Å². The highest BCUT2D eigenvalue weighted by Crippen LogP contribution is 2.42. The van der Waals surface area contributed by atoms with Gasteiger partial charge in [-0.25, -0.2) is 14.8 Å². The van der Waals surface area contributed by atoms with Gasteiger partial charge in [0.2, 0.25) is 0 Å². The molecule has 1 aliphatic carbocycles. The molecule has 0 bridgehead atoms. The fraction of sp³-hybridized carbons (Fsp3) is 0.583. The van der Waals surface area contributed by atoms with Crippen molar-refractivity contribution < 1.29 is 14.3 Å².